The average molecular weight is 428 g/mol. The van der Waals surface area contributed by atoms with Crippen molar-refractivity contribution >= 4 is 5.91 Å². The molecule has 4 rings (SSSR count). The van der Waals surface area contributed by atoms with Gasteiger partial charge in [0.05, 0.1) is 6.20 Å². The Balaban J connectivity index is 1.23. The van der Waals surface area contributed by atoms with Crippen LogP contribution >= 0.6 is 0 Å². The lowest BCUT2D eigenvalue weighted by Crippen LogP contribution is -2.23. The molecule has 0 aliphatic heterocycles. The van der Waals surface area contributed by atoms with E-state index >= 15 is 0 Å². The minimum absolute atomic E-state index is 0.0661. The van der Waals surface area contributed by atoms with E-state index in [1.165, 1.54) is 5.56 Å². The van der Waals surface area contributed by atoms with Crippen LogP contribution in [0.25, 0.3) is 11.3 Å². The fourth-order valence-corrected chi connectivity index (χ4v) is 3.16. The quantitative estimate of drug-likeness (QED) is 0.412. The third-order valence-corrected chi connectivity index (χ3v) is 4.97. The Bertz CT molecular complexity index is 1150. The van der Waals surface area contributed by atoms with Crippen molar-refractivity contribution in [3.05, 3.63) is 102 Å². The fraction of sp³-hybridized carbons (Fsp3) is 0.192. The SMILES string of the molecule is Cc1ccc(-c2cnc(CCC(=O)NCc3ccnc(OCc4ccccc4)c3)o2)cc1. The monoisotopic (exact) mass is 427 g/mol. The normalized spacial score (nSPS) is 10.7. The van der Waals surface area contributed by atoms with Gasteiger partial charge >= 0.3 is 0 Å². The van der Waals surface area contributed by atoms with Gasteiger partial charge in [0.1, 0.15) is 6.61 Å². The molecule has 0 saturated heterocycles. The predicted octanol–water partition coefficient (Wildman–Crippen LogP) is 4.87. The summed E-state index contributed by atoms with van der Waals surface area (Å²) in [6.45, 7) is 2.90. The molecule has 0 fully saturated rings. The Morgan fingerprint density at radius 2 is 1.81 bits per heavy atom. The third-order valence-electron chi connectivity index (χ3n) is 4.97. The lowest BCUT2D eigenvalue weighted by molar-refractivity contribution is -0.121. The Labute approximate surface area is 187 Å². The number of nitrogens with zero attached hydrogens (tertiary/aromatic N) is 2. The number of amides is 1. The van der Waals surface area contributed by atoms with Crippen molar-refractivity contribution in [2.45, 2.75) is 32.9 Å². The number of aromatic nitrogens is 2. The molecule has 0 saturated carbocycles. The number of carbonyl (C=O) groups excluding carboxylic acids is 1. The standard InChI is InChI=1S/C26H25N3O3/c1-19-7-9-22(10-8-19)23-17-29-25(32-23)12-11-24(30)28-16-21-13-14-27-26(15-21)31-18-20-5-3-2-4-6-20/h2-10,13-15,17H,11-12,16,18H2,1H3,(H,28,30). The van der Waals surface area contributed by atoms with Crippen LogP contribution in [0.3, 0.4) is 0 Å². The molecule has 0 spiro atoms. The van der Waals surface area contributed by atoms with Gasteiger partial charge in [-0.25, -0.2) is 9.97 Å². The first-order valence-electron chi connectivity index (χ1n) is 10.6. The highest BCUT2D eigenvalue weighted by atomic mass is 16.5. The number of aryl methyl sites for hydroxylation is 2. The molecular formula is C26H25N3O3. The molecule has 0 unspecified atom stereocenters. The van der Waals surface area contributed by atoms with E-state index in [2.05, 4.69) is 15.3 Å². The third kappa shape index (κ3) is 6.04. The molecule has 1 amide bonds. The largest absolute Gasteiger partial charge is 0.473 e. The van der Waals surface area contributed by atoms with Gasteiger partial charge in [-0.05, 0) is 24.1 Å². The van der Waals surface area contributed by atoms with E-state index in [0.29, 0.717) is 43.5 Å². The van der Waals surface area contributed by atoms with Crippen molar-refractivity contribution in [2.75, 3.05) is 0 Å². The lowest BCUT2D eigenvalue weighted by atomic mass is 10.1. The summed E-state index contributed by atoms with van der Waals surface area (Å²) in [5, 5.41) is 2.92. The Morgan fingerprint density at radius 3 is 2.62 bits per heavy atom. The number of hydrogen-bond acceptors (Lipinski definition) is 5. The summed E-state index contributed by atoms with van der Waals surface area (Å²) in [7, 11) is 0. The molecule has 0 aliphatic carbocycles. The summed E-state index contributed by atoms with van der Waals surface area (Å²) >= 11 is 0. The minimum Gasteiger partial charge on any atom is -0.473 e. The molecule has 6 heteroatoms. The molecule has 4 aromatic rings. The molecule has 0 bridgehead atoms. The maximum Gasteiger partial charge on any atom is 0.220 e. The second kappa shape index (κ2) is 10.4. The molecular weight excluding hydrogens is 402 g/mol. The van der Waals surface area contributed by atoms with Gasteiger partial charge in [-0.15, -0.1) is 0 Å². The maximum absolute atomic E-state index is 12.3. The number of nitrogens with one attached hydrogen (secondary N) is 1. The van der Waals surface area contributed by atoms with Gasteiger partial charge < -0.3 is 14.5 Å². The first kappa shape index (κ1) is 21.3. The van der Waals surface area contributed by atoms with Gasteiger partial charge in [0.15, 0.2) is 11.7 Å². The summed E-state index contributed by atoms with van der Waals surface area (Å²) in [5.41, 5.74) is 4.16. The topological polar surface area (TPSA) is 77.2 Å². The summed E-state index contributed by atoms with van der Waals surface area (Å²) in [4.78, 5) is 20.8. The van der Waals surface area contributed by atoms with Crippen molar-refractivity contribution in [1.82, 2.24) is 15.3 Å². The highest BCUT2D eigenvalue weighted by Gasteiger charge is 2.09. The fourth-order valence-electron chi connectivity index (χ4n) is 3.16. The van der Waals surface area contributed by atoms with Crippen molar-refractivity contribution in [1.29, 1.82) is 0 Å². The summed E-state index contributed by atoms with van der Waals surface area (Å²) in [6, 6.07) is 21.7. The zero-order chi connectivity index (χ0) is 22.2. The summed E-state index contributed by atoms with van der Waals surface area (Å²) in [6.07, 6.45) is 4.13. The van der Waals surface area contributed by atoms with E-state index in [9.17, 15) is 4.79 Å². The molecule has 0 atom stereocenters. The molecule has 0 radical (unpaired) electrons. The van der Waals surface area contributed by atoms with Gasteiger partial charge in [0.25, 0.3) is 0 Å². The average Bonchev–Trinajstić information content (AvgIpc) is 3.31. The number of pyridine rings is 1. The maximum atomic E-state index is 12.3. The summed E-state index contributed by atoms with van der Waals surface area (Å²) < 4.78 is 11.5. The molecule has 32 heavy (non-hydrogen) atoms. The van der Waals surface area contributed by atoms with Gasteiger partial charge in [-0.2, -0.15) is 0 Å². The first-order valence-corrected chi connectivity index (χ1v) is 10.6. The second-order valence-electron chi connectivity index (χ2n) is 7.54. The van der Waals surface area contributed by atoms with Crippen molar-refractivity contribution < 1.29 is 13.9 Å². The highest BCUT2D eigenvalue weighted by Crippen LogP contribution is 2.21. The van der Waals surface area contributed by atoms with Crippen LogP contribution in [-0.2, 0) is 24.4 Å². The van der Waals surface area contributed by atoms with E-state index in [0.717, 1.165) is 16.7 Å². The van der Waals surface area contributed by atoms with Crippen LogP contribution in [0, 0.1) is 6.92 Å². The van der Waals surface area contributed by atoms with Crippen molar-refractivity contribution in [3.8, 4) is 17.2 Å². The van der Waals surface area contributed by atoms with Gasteiger partial charge in [-0.3, -0.25) is 4.79 Å². The Kier molecular flexibility index (Phi) is 6.92. The number of carbonyl (C=O) groups is 1. The summed E-state index contributed by atoms with van der Waals surface area (Å²) in [5.74, 6) is 1.73. The van der Waals surface area contributed by atoms with E-state index in [1.807, 2.05) is 73.7 Å². The van der Waals surface area contributed by atoms with E-state index in [-0.39, 0.29) is 5.91 Å². The van der Waals surface area contributed by atoms with E-state index in [4.69, 9.17) is 9.15 Å². The molecule has 1 N–H and O–H groups in total. The molecule has 162 valence electrons. The molecule has 2 aromatic carbocycles. The van der Waals surface area contributed by atoms with E-state index < -0.39 is 0 Å². The van der Waals surface area contributed by atoms with Crippen molar-refractivity contribution in [2.24, 2.45) is 0 Å². The predicted molar refractivity (Wildman–Crippen MR) is 122 cm³/mol. The zero-order valence-corrected chi connectivity index (χ0v) is 18.0. The van der Waals surface area contributed by atoms with Gasteiger partial charge in [0.2, 0.25) is 11.8 Å². The van der Waals surface area contributed by atoms with Crippen LogP contribution < -0.4 is 10.1 Å². The second-order valence-corrected chi connectivity index (χ2v) is 7.54. The molecule has 6 nitrogen and oxygen atoms in total. The van der Waals surface area contributed by atoms with Crippen LogP contribution in [0.1, 0.15) is 29.0 Å². The number of hydrogen-bond donors (Lipinski definition) is 1. The highest BCUT2D eigenvalue weighted by molar-refractivity contribution is 5.76. The van der Waals surface area contributed by atoms with Crippen molar-refractivity contribution in [3.63, 3.8) is 0 Å². The number of rotatable bonds is 9. The smallest absolute Gasteiger partial charge is 0.220 e. The van der Waals surface area contributed by atoms with Gasteiger partial charge in [-0.1, -0.05) is 60.2 Å². The first-order chi connectivity index (χ1) is 15.7. The zero-order valence-electron chi connectivity index (χ0n) is 18.0. The van der Waals surface area contributed by atoms with Crippen LogP contribution in [-0.4, -0.2) is 15.9 Å². The van der Waals surface area contributed by atoms with Crippen LogP contribution in [0.5, 0.6) is 5.88 Å². The molecule has 2 aromatic heterocycles. The lowest BCUT2D eigenvalue weighted by Gasteiger charge is -2.08. The Morgan fingerprint density at radius 1 is 1.00 bits per heavy atom. The van der Waals surface area contributed by atoms with E-state index in [1.54, 1.807) is 12.4 Å². The molecule has 0 aliphatic rings. The van der Waals surface area contributed by atoms with Crippen LogP contribution in [0.15, 0.2) is 83.5 Å². The molecule has 2 heterocycles. The number of benzene rings is 2. The van der Waals surface area contributed by atoms with Crippen LogP contribution in [0.2, 0.25) is 0 Å². The van der Waals surface area contributed by atoms with Gasteiger partial charge in [0, 0.05) is 37.2 Å². The van der Waals surface area contributed by atoms with Crippen LogP contribution in [0.4, 0.5) is 0 Å². The Hall–Kier alpha value is -3.93. The minimum atomic E-state index is -0.0661. The number of oxazole rings is 1. The number of ether oxygens (including phenoxy) is 1.